The predicted octanol–water partition coefficient (Wildman–Crippen LogP) is 3.94. The van der Waals surface area contributed by atoms with Gasteiger partial charge >= 0.3 is 0 Å². The fraction of sp³-hybridized carbons (Fsp3) is 0.273. The normalized spacial score (nSPS) is 11.9. The van der Waals surface area contributed by atoms with Gasteiger partial charge in [0.05, 0.1) is 6.07 Å². The van der Waals surface area contributed by atoms with E-state index in [1.165, 1.54) is 0 Å². The van der Waals surface area contributed by atoms with Crippen LogP contribution in [-0.4, -0.2) is 5.78 Å². The van der Waals surface area contributed by atoms with Crippen molar-refractivity contribution in [2.45, 2.75) is 13.3 Å². The molecule has 0 aliphatic carbocycles. The minimum atomic E-state index is -0.254. The highest BCUT2D eigenvalue weighted by Crippen LogP contribution is 2.22. The van der Waals surface area contributed by atoms with E-state index in [2.05, 4.69) is 31.9 Å². The second kappa shape index (κ2) is 5.43. The number of nitriles is 1. The predicted molar refractivity (Wildman–Crippen MR) is 65.6 cm³/mol. The summed E-state index contributed by atoms with van der Waals surface area (Å²) < 4.78 is 1.70. The quantitative estimate of drug-likeness (QED) is 0.787. The Morgan fingerprint density at radius 1 is 1.40 bits per heavy atom. The van der Waals surface area contributed by atoms with E-state index in [4.69, 9.17) is 5.26 Å². The Hall–Kier alpha value is -0.660. The Labute approximate surface area is 106 Å². The van der Waals surface area contributed by atoms with E-state index >= 15 is 0 Å². The number of carbonyl (C=O) groups is 1. The van der Waals surface area contributed by atoms with Crippen LogP contribution in [0.5, 0.6) is 0 Å². The number of Topliss-reactive ketones (excluding diaryl/α,β-unsaturated/α-hetero) is 1. The molecule has 4 heteroatoms. The number of benzene rings is 1. The van der Waals surface area contributed by atoms with Crippen molar-refractivity contribution < 1.29 is 4.79 Å². The molecule has 0 aromatic heterocycles. The summed E-state index contributed by atoms with van der Waals surface area (Å²) in [6.45, 7) is 1.76. The van der Waals surface area contributed by atoms with Gasteiger partial charge in [0.25, 0.3) is 0 Å². The van der Waals surface area contributed by atoms with Crippen LogP contribution in [0.3, 0.4) is 0 Å². The molecule has 0 aliphatic heterocycles. The number of hydrogen-bond acceptors (Lipinski definition) is 2. The van der Waals surface area contributed by atoms with Gasteiger partial charge in [-0.15, -0.1) is 0 Å². The molecule has 0 heterocycles. The van der Waals surface area contributed by atoms with Crippen LogP contribution in [0, 0.1) is 17.2 Å². The number of halogens is 2. The molecular formula is C11H9Br2NO. The van der Waals surface area contributed by atoms with E-state index in [0.717, 1.165) is 8.95 Å². The zero-order valence-electron chi connectivity index (χ0n) is 8.13. The fourth-order valence-electron chi connectivity index (χ4n) is 1.21. The molecule has 2 nitrogen and oxygen atoms in total. The third kappa shape index (κ3) is 3.44. The first-order valence-corrected chi connectivity index (χ1v) is 6.00. The second-order valence-corrected chi connectivity index (χ2v) is 5.12. The lowest BCUT2D eigenvalue weighted by Crippen LogP contribution is -2.10. The Kier molecular flexibility index (Phi) is 4.49. The summed E-state index contributed by atoms with van der Waals surface area (Å²) >= 11 is 6.64. The molecule has 0 bridgehead atoms. The van der Waals surface area contributed by atoms with E-state index in [0.29, 0.717) is 5.56 Å². The number of nitrogens with zero attached hydrogens (tertiary/aromatic N) is 1. The van der Waals surface area contributed by atoms with Crippen LogP contribution in [0.2, 0.25) is 0 Å². The van der Waals surface area contributed by atoms with Crippen molar-refractivity contribution in [3.63, 3.8) is 0 Å². The largest absolute Gasteiger partial charge is 0.294 e. The van der Waals surface area contributed by atoms with Gasteiger partial charge in [-0.1, -0.05) is 38.8 Å². The summed E-state index contributed by atoms with van der Waals surface area (Å²) in [4.78, 5) is 11.8. The van der Waals surface area contributed by atoms with Gasteiger partial charge in [0, 0.05) is 26.8 Å². The van der Waals surface area contributed by atoms with Crippen LogP contribution in [0.4, 0.5) is 0 Å². The van der Waals surface area contributed by atoms with Crippen molar-refractivity contribution in [3.05, 3.63) is 32.7 Å². The summed E-state index contributed by atoms with van der Waals surface area (Å²) in [5.74, 6) is -0.255. The molecule has 0 spiro atoms. The topological polar surface area (TPSA) is 40.9 Å². The highest BCUT2D eigenvalue weighted by Gasteiger charge is 2.15. The molecule has 15 heavy (non-hydrogen) atoms. The summed E-state index contributed by atoms with van der Waals surface area (Å²) in [6.07, 6.45) is 0.253. The third-order valence-corrected chi connectivity index (χ3v) is 2.91. The van der Waals surface area contributed by atoms with E-state index in [1.54, 1.807) is 19.1 Å². The standard InChI is InChI=1S/C11H9Br2NO/c1-7(2-3-14)11(15)8-4-9(12)6-10(13)5-8/h4-7H,2H2,1H3. The summed E-state index contributed by atoms with van der Waals surface area (Å²) in [5.41, 5.74) is 0.624. The third-order valence-electron chi connectivity index (χ3n) is 1.99. The molecule has 0 amide bonds. The zero-order valence-corrected chi connectivity index (χ0v) is 11.3. The van der Waals surface area contributed by atoms with E-state index in [1.807, 2.05) is 12.1 Å². The summed E-state index contributed by atoms with van der Waals surface area (Å²) in [6, 6.07) is 7.40. The molecule has 0 saturated carbocycles. The van der Waals surface area contributed by atoms with Crippen LogP contribution >= 0.6 is 31.9 Å². The van der Waals surface area contributed by atoms with Crippen LogP contribution < -0.4 is 0 Å². The molecule has 0 aliphatic rings. The van der Waals surface area contributed by atoms with E-state index in [-0.39, 0.29) is 18.1 Å². The van der Waals surface area contributed by atoms with Gasteiger partial charge in [-0.05, 0) is 18.2 Å². The van der Waals surface area contributed by atoms with Crippen LogP contribution in [0.1, 0.15) is 23.7 Å². The monoisotopic (exact) mass is 329 g/mol. The first-order chi connectivity index (χ1) is 7.04. The molecule has 1 rings (SSSR count). The first-order valence-electron chi connectivity index (χ1n) is 4.42. The van der Waals surface area contributed by atoms with Gasteiger partial charge in [-0.25, -0.2) is 0 Å². The fourth-order valence-corrected chi connectivity index (χ4v) is 2.50. The molecule has 1 aromatic carbocycles. The van der Waals surface area contributed by atoms with Crippen LogP contribution in [0.25, 0.3) is 0 Å². The van der Waals surface area contributed by atoms with Crippen molar-refractivity contribution >= 4 is 37.6 Å². The molecule has 1 aromatic rings. The first kappa shape index (κ1) is 12.4. The Morgan fingerprint density at radius 2 is 1.93 bits per heavy atom. The summed E-state index contributed by atoms with van der Waals surface area (Å²) in [5, 5.41) is 8.52. The molecule has 78 valence electrons. The lowest BCUT2D eigenvalue weighted by atomic mass is 9.97. The molecular weight excluding hydrogens is 322 g/mol. The van der Waals surface area contributed by atoms with Gasteiger partial charge in [-0.3, -0.25) is 4.79 Å². The smallest absolute Gasteiger partial charge is 0.166 e. The van der Waals surface area contributed by atoms with Crippen molar-refractivity contribution in [2.75, 3.05) is 0 Å². The SMILES string of the molecule is CC(CC#N)C(=O)c1cc(Br)cc(Br)c1. The lowest BCUT2D eigenvalue weighted by molar-refractivity contribution is 0.0931. The van der Waals surface area contributed by atoms with Gasteiger partial charge in [0.15, 0.2) is 5.78 Å². The minimum Gasteiger partial charge on any atom is -0.294 e. The second-order valence-electron chi connectivity index (χ2n) is 3.29. The average molecular weight is 331 g/mol. The van der Waals surface area contributed by atoms with Gasteiger partial charge in [0.2, 0.25) is 0 Å². The Bertz CT molecular complexity index is 403. The number of rotatable bonds is 3. The number of hydrogen-bond donors (Lipinski definition) is 0. The Balaban J connectivity index is 2.97. The molecule has 0 N–H and O–H groups in total. The lowest BCUT2D eigenvalue weighted by Gasteiger charge is -2.07. The minimum absolute atomic E-state index is 0.00134. The Morgan fingerprint density at radius 3 is 2.40 bits per heavy atom. The molecule has 0 fully saturated rings. The highest BCUT2D eigenvalue weighted by molar-refractivity contribution is 9.11. The van der Waals surface area contributed by atoms with Crippen molar-refractivity contribution in [3.8, 4) is 6.07 Å². The van der Waals surface area contributed by atoms with Crippen molar-refractivity contribution in [1.29, 1.82) is 5.26 Å². The summed E-state index contributed by atoms with van der Waals surface area (Å²) in [7, 11) is 0. The number of ketones is 1. The number of carbonyl (C=O) groups excluding carboxylic acids is 1. The maximum absolute atomic E-state index is 11.8. The van der Waals surface area contributed by atoms with Crippen LogP contribution in [-0.2, 0) is 0 Å². The maximum Gasteiger partial charge on any atom is 0.166 e. The van der Waals surface area contributed by atoms with Gasteiger partial charge in [0.1, 0.15) is 0 Å². The zero-order chi connectivity index (χ0) is 11.4. The molecule has 0 saturated heterocycles. The van der Waals surface area contributed by atoms with Gasteiger partial charge in [-0.2, -0.15) is 5.26 Å². The molecule has 1 atom stereocenters. The van der Waals surface area contributed by atoms with E-state index < -0.39 is 0 Å². The van der Waals surface area contributed by atoms with Gasteiger partial charge < -0.3 is 0 Å². The van der Waals surface area contributed by atoms with Crippen molar-refractivity contribution in [2.24, 2.45) is 5.92 Å². The molecule has 0 radical (unpaired) electrons. The molecule has 1 unspecified atom stereocenters. The van der Waals surface area contributed by atoms with Crippen molar-refractivity contribution in [1.82, 2.24) is 0 Å². The van der Waals surface area contributed by atoms with E-state index in [9.17, 15) is 4.79 Å². The highest BCUT2D eigenvalue weighted by atomic mass is 79.9. The van der Waals surface area contributed by atoms with Crippen LogP contribution in [0.15, 0.2) is 27.1 Å². The maximum atomic E-state index is 11.8. The average Bonchev–Trinajstić information content (AvgIpc) is 2.15.